The Bertz CT molecular complexity index is 1030. The van der Waals surface area contributed by atoms with Crippen LogP contribution in [0.1, 0.15) is 31.1 Å². The van der Waals surface area contributed by atoms with Crippen LogP contribution in [-0.2, 0) is 4.74 Å². The fourth-order valence-electron chi connectivity index (χ4n) is 2.74. The van der Waals surface area contributed by atoms with E-state index in [4.69, 9.17) is 9.47 Å². The molecule has 0 saturated carbocycles. The number of aromatic nitrogens is 3. The summed E-state index contributed by atoms with van der Waals surface area (Å²) in [6.07, 6.45) is 1.72. The van der Waals surface area contributed by atoms with Gasteiger partial charge in [0, 0.05) is 29.6 Å². The summed E-state index contributed by atoms with van der Waals surface area (Å²) in [5.74, 6) is 0.991. The second-order valence-electron chi connectivity index (χ2n) is 7.58. The number of anilines is 3. The van der Waals surface area contributed by atoms with Crippen LogP contribution in [0.2, 0.25) is 0 Å². The molecule has 8 nitrogen and oxygen atoms in total. The highest BCUT2D eigenvalue weighted by molar-refractivity contribution is 5.93. The summed E-state index contributed by atoms with van der Waals surface area (Å²) in [5.41, 5.74) is 2.24. The lowest BCUT2D eigenvalue weighted by Gasteiger charge is -2.21. The highest BCUT2D eigenvalue weighted by Crippen LogP contribution is 2.28. The largest absolute Gasteiger partial charge is 0.496 e. The van der Waals surface area contributed by atoms with Crippen LogP contribution in [0.5, 0.6) is 5.75 Å². The smallest absolute Gasteiger partial charge is 0.341 e. The summed E-state index contributed by atoms with van der Waals surface area (Å²) in [4.78, 5) is 25.4. The second-order valence-corrected chi connectivity index (χ2v) is 7.58. The standard InChI is InChI=1S/C22H25N5O3/c1-22(2,3)27-21-25-17(16-8-6-7-11-23-16)13-19(26-21)24-14-9-10-15(20(28)30-5)18(12-14)29-4/h6-13H,1-5H3,(H2,24,25,26,27). The summed E-state index contributed by atoms with van der Waals surface area (Å²) in [5, 5.41) is 6.54. The maximum absolute atomic E-state index is 11.9. The molecule has 8 heteroatoms. The van der Waals surface area contributed by atoms with Gasteiger partial charge in [-0.25, -0.2) is 9.78 Å². The zero-order valence-corrected chi connectivity index (χ0v) is 17.7. The van der Waals surface area contributed by atoms with Crippen LogP contribution in [0.4, 0.5) is 17.5 Å². The van der Waals surface area contributed by atoms with E-state index < -0.39 is 5.97 Å². The Morgan fingerprint density at radius 1 is 1.00 bits per heavy atom. The molecule has 2 aromatic heterocycles. The van der Waals surface area contributed by atoms with Gasteiger partial charge in [-0.2, -0.15) is 4.98 Å². The van der Waals surface area contributed by atoms with Gasteiger partial charge in [-0.05, 0) is 45.0 Å². The van der Waals surface area contributed by atoms with Crippen molar-refractivity contribution in [3.05, 3.63) is 54.2 Å². The molecular weight excluding hydrogens is 382 g/mol. The van der Waals surface area contributed by atoms with Gasteiger partial charge in [0.25, 0.3) is 0 Å². The quantitative estimate of drug-likeness (QED) is 0.584. The van der Waals surface area contributed by atoms with Crippen LogP contribution in [0.25, 0.3) is 11.4 Å². The van der Waals surface area contributed by atoms with Gasteiger partial charge in [0.05, 0.1) is 25.6 Å². The van der Waals surface area contributed by atoms with E-state index in [0.29, 0.717) is 34.5 Å². The van der Waals surface area contributed by atoms with Gasteiger partial charge >= 0.3 is 5.97 Å². The first-order valence-corrected chi connectivity index (χ1v) is 9.41. The van der Waals surface area contributed by atoms with E-state index in [1.807, 2.05) is 45.0 Å². The zero-order valence-electron chi connectivity index (χ0n) is 17.7. The third-order valence-corrected chi connectivity index (χ3v) is 4.02. The van der Waals surface area contributed by atoms with Crippen LogP contribution in [-0.4, -0.2) is 40.7 Å². The van der Waals surface area contributed by atoms with E-state index in [-0.39, 0.29) is 5.54 Å². The summed E-state index contributed by atoms with van der Waals surface area (Å²) in [6, 6.07) is 12.6. The number of rotatable bonds is 6. The highest BCUT2D eigenvalue weighted by Gasteiger charge is 2.16. The third kappa shape index (κ3) is 5.22. The average molecular weight is 407 g/mol. The van der Waals surface area contributed by atoms with Crippen LogP contribution >= 0.6 is 0 Å². The first-order chi connectivity index (χ1) is 14.3. The van der Waals surface area contributed by atoms with Gasteiger partial charge in [0.1, 0.15) is 17.1 Å². The van der Waals surface area contributed by atoms with E-state index >= 15 is 0 Å². The minimum absolute atomic E-state index is 0.217. The number of carbonyl (C=O) groups excluding carboxylic acids is 1. The predicted octanol–water partition coefficient (Wildman–Crippen LogP) is 4.29. The van der Waals surface area contributed by atoms with E-state index in [0.717, 1.165) is 5.69 Å². The Balaban J connectivity index is 1.98. The van der Waals surface area contributed by atoms with E-state index in [1.165, 1.54) is 14.2 Å². The monoisotopic (exact) mass is 407 g/mol. The summed E-state index contributed by atoms with van der Waals surface area (Å²) in [7, 11) is 2.83. The molecule has 30 heavy (non-hydrogen) atoms. The lowest BCUT2D eigenvalue weighted by Crippen LogP contribution is -2.27. The number of carbonyl (C=O) groups is 1. The van der Waals surface area contributed by atoms with E-state index in [9.17, 15) is 4.79 Å². The molecule has 0 bridgehead atoms. The maximum Gasteiger partial charge on any atom is 0.341 e. The first kappa shape index (κ1) is 21.0. The Labute approximate surface area is 175 Å². The van der Waals surface area contributed by atoms with Crippen LogP contribution in [0.3, 0.4) is 0 Å². The zero-order chi connectivity index (χ0) is 21.7. The van der Waals surface area contributed by atoms with Crippen LogP contribution < -0.4 is 15.4 Å². The number of nitrogens with zero attached hydrogens (tertiary/aromatic N) is 3. The molecular formula is C22H25N5O3. The van der Waals surface area contributed by atoms with Gasteiger partial charge in [0.2, 0.25) is 5.95 Å². The van der Waals surface area contributed by atoms with Gasteiger partial charge in [-0.15, -0.1) is 0 Å². The Hall–Kier alpha value is -3.68. The molecule has 0 spiro atoms. The molecule has 156 valence electrons. The Morgan fingerprint density at radius 3 is 2.43 bits per heavy atom. The second kappa shape index (κ2) is 8.77. The van der Waals surface area contributed by atoms with Crippen molar-refractivity contribution in [3.8, 4) is 17.1 Å². The fourth-order valence-corrected chi connectivity index (χ4v) is 2.74. The average Bonchev–Trinajstić information content (AvgIpc) is 2.72. The van der Waals surface area contributed by atoms with Crippen molar-refractivity contribution in [1.82, 2.24) is 15.0 Å². The van der Waals surface area contributed by atoms with Crippen LogP contribution in [0.15, 0.2) is 48.7 Å². The molecule has 0 amide bonds. The van der Waals surface area contributed by atoms with Crippen molar-refractivity contribution < 1.29 is 14.3 Å². The molecule has 3 rings (SSSR count). The SMILES string of the molecule is COC(=O)c1ccc(Nc2cc(-c3ccccn3)nc(NC(C)(C)C)n2)cc1OC. The number of methoxy groups -OCH3 is 2. The molecule has 3 aromatic rings. The summed E-state index contributed by atoms with van der Waals surface area (Å²) < 4.78 is 10.1. The number of hydrogen-bond acceptors (Lipinski definition) is 8. The van der Waals surface area contributed by atoms with Crippen LogP contribution in [0, 0.1) is 0 Å². The highest BCUT2D eigenvalue weighted by atomic mass is 16.5. The lowest BCUT2D eigenvalue weighted by molar-refractivity contribution is 0.0597. The molecule has 1 aromatic carbocycles. The molecule has 0 unspecified atom stereocenters. The van der Waals surface area contributed by atoms with Crippen molar-refractivity contribution in [2.75, 3.05) is 24.9 Å². The van der Waals surface area contributed by atoms with Gasteiger partial charge in [-0.1, -0.05) is 6.07 Å². The molecule has 0 fully saturated rings. The predicted molar refractivity (Wildman–Crippen MR) is 116 cm³/mol. The number of benzene rings is 1. The molecule has 0 aliphatic rings. The molecule has 2 heterocycles. The maximum atomic E-state index is 11.9. The van der Waals surface area contributed by atoms with Crippen molar-refractivity contribution in [3.63, 3.8) is 0 Å². The number of esters is 1. The number of ether oxygens (including phenoxy) is 2. The Morgan fingerprint density at radius 2 is 1.80 bits per heavy atom. The number of pyridine rings is 1. The van der Waals surface area contributed by atoms with Gasteiger partial charge in [-0.3, -0.25) is 4.98 Å². The fraction of sp³-hybridized carbons (Fsp3) is 0.273. The minimum atomic E-state index is -0.463. The van der Waals surface area contributed by atoms with Gasteiger partial charge < -0.3 is 20.1 Å². The summed E-state index contributed by atoms with van der Waals surface area (Å²) >= 11 is 0. The molecule has 0 saturated heterocycles. The molecule has 0 radical (unpaired) electrons. The van der Waals surface area contributed by atoms with E-state index in [1.54, 1.807) is 24.4 Å². The molecule has 0 aliphatic carbocycles. The minimum Gasteiger partial charge on any atom is -0.496 e. The first-order valence-electron chi connectivity index (χ1n) is 9.41. The van der Waals surface area contributed by atoms with Gasteiger partial charge in [0.15, 0.2) is 0 Å². The Kier molecular flexibility index (Phi) is 6.15. The van der Waals surface area contributed by atoms with E-state index in [2.05, 4.69) is 25.6 Å². The van der Waals surface area contributed by atoms with Crippen molar-refractivity contribution in [2.45, 2.75) is 26.3 Å². The number of hydrogen-bond donors (Lipinski definition) is 2. The normalized spacial score (nSPS) is 11.0. The summed E-state index contributed by atoms with van der Waals surface area (Å²) in [6.45, 7) is 6.11. The molecule has 0 aliphatic heterocycles. The van der Waals surface area contributed by atoms with Crippen molar-refractivity contribution in [1.29, 1.82) is 0 Å². The molecule has 2 N–H and O–H groups in total. The lowest BCUT2D eigenvalue weighted by atomic mass is 10.1. The van der Waals surface area contributed by atoms with Crippen molar-refractivity contribution >= 4 is 23.4 Å². The third-order valence-electron chi connectivity index (χ3n) is 4.02. The number of nitrogens with one attached hydrogen (secondary N) is 2. The topological polar surface area (TPSA) is 98.3 Å². The van der Waals surface area contributed by atoms with Crippen molar-refractivity contribution in [2.24, 2.45) is 0 Å². The molecule has 0 atom stereocenters.